The fourth-order valence-electron chi connectivity index (χ4n) is 1.87. The Hall–Kier alpha value is -1.22. The van der Waals surface area contributed by atoms with Gasteiger partial charge in [-0.25, -0.2) is 4.39 Å². The van der Waals surface area contributed by atoms with Crippen molar-refractivity contribution in [2.45, 2.75) is 26.7 Å². The van der Waals surface area contributed by atoms with Gasteiger partial charge in [0.05, 0.1) is 5.56 Å². The van der Waals surface area contributed by atoms with Gasteiger partial charge in [-0.15, -0.1) is 0 Å². The molecule has 1 unspecified atom stereocenters. The minimum absolute atomic E-state index is 0.121. The van der Waals surface area contributed by atoms with Crippen LogP contribution in [0.25, 0.3) is 0 Å². The Labute approximate surface area is 109 Å². The summed E-state index contributed by atoms with van der Waals surface area (Å²) in [5.41, 5.74) is 0.203. The van der Waals surface area contributed by atoms with Gasteiger partial charge in [0.1, 0.15) is 5.82 Å². The van der Waals surface area contributed by atoms with Gasteiger partial charge < -0.3 is 4.90 Å². The van der Waals surface area contributed by atoms with Crippen molar-refractivity contribution in [1.82, 2.24) is 4.90 Å². The molecule has 1 atom stereocenters. The summed E-state index contributed by atoms with van der Waals surface area (Å²) in [5.74, 6) is 0.0785. The molecule has 0 saturated carbocycles. The number of benzene rings is 1. The Balaban J connectivity index is 2.44. The van der Waals surface area contributed by atoms with E-state index >= 15 is 0 Å². The maximum atomic E-state index is 13.4. The fraction of sp³-hybridized carbons (Fsp3) is 0.533. The highest BCUT2D eigenvalue weighted by Gasteiger charge is 2.12. The first-order valence-electron chi connectivity index (χ1n) is 6.50. The molecule has 0 saturated heterocycles. The molecule has 0 aliphatic carbocycles. The zero-order valence-corrected chi connectivity index (χ0v) is 11.4. The molecule has 1 aromatic carbocycles. The van der Waals surface area contributed by atoms with Crippen LogP contribution in [-0.4, -0.2) is 30.8 Å². The summed E-state index contributed by atoms with van der Waals surface area (Å²) < 4.78 is 13.4. The van der Waals surface area contributed by atoms with Crippen LogP contribution in [0.3, 0.4) is 0 Å². The molecular formula is C15H22FNO. The van der Waals surface area contributed by atoms with Crippen molar-refractivity contribution in [3.05, 3.63) is 35.6 Å². The summed E-state index contributed by atoms with van der Waals surface area (Å²) in [7, 11) is 2.00. The highest BCUT2D eigenvalue weighted by atomic mass is 19.1. The number of carbonyl (C=O) groups excluding carboxylic acids is 1. The average Bonchev–Trinajstić information content (AvgIpc) is 2.36. The van der Waals surface area contributed by atoms with Crippen molar-refractivity contribution in [3.63, 3.8) is 0 Å². The average molecular weight is 251 g/mol. The van der Waals surface area contributed by atoms with E-state index in [-0.39, 0.29) is 11.3 Å². The molecule has 0 fully saturated rings. The van der Waals surface area contributed by atoms with Gasteiger partial charge in [0.2, 0.25) is 0 Å². The third kappa shape index (κ3) is 4.57. The topological polar surface area (TPSA) is 20.3 Å². The Kier molecular flexibility index (Phi) is 5.99. The summed E-state index contributed by atoms with van der Waals surface area (Å²) in [6.07, 6.45) is 1.50. The molecule has 0 spiro atoms. The number of hydrogen-bond donors (Lipinski definition) is 0. The lowest BCUT2D eigenvalue weighted by atomic mass is 10.1. The van der Waals surface area contributed by atoms with E-state index in [1.54, 1.807) is 18.2 Å². The van der Waals surface area contributed by atoms with Crippen LogP contribution in [0.5, 0.6) is 0 Å². The number of carbonyl (C=O) groups is 1. The summed E-state index contributed by atoms with van der Waals surface area (Å²) >= 11 is 0. The zero-order chi connectivity index (χ0) is 13.5. The van der Waals surface area contributed by atoms with Crippen molar-refractivity contribution in [2.24, 2.45) is 5.92 Å². The second kappa shape index (κ2) is 7.27. The third-order valence-corrected chi connectivity index (χ3v) is 3.22. The normalized spacial score (nSPS) is 12.7. The van der Waals surface area contributed by atoms with E-state index in [0.29, 0.717) is 18.9 Å². The highest BCUT2D eigenvalue weighted by molar-refractivity contribution is 5.96. The Morgan fingerprint density at radius 2 is 2.06 bits per heavy atom. The molecular weight excluding hydrogens is 229 g/mol. The van der Waals surface area contributed by atoms with Crippen molar-refractivity contribution < 1.29 is 9.18 Å². The quantitative estimate of drug-likeness (QED) is 0.692. The zero-order valence-electron chi connectivity index (χ0n) is 11.4. The van der Waals surface area contributed by atoms with Crippen LogP contribution in [0.15, 0.2) is 24.3 Å². The standard InChI is InChI=1S/C15H22FNO/c1-4-12(2)11-17(3)10-9-15(18)13-7-5-6-8-14(13)16/h5-8,12H,4,9-11H2,1-3H3. The van der Waals surface area contributed by atoms with Gasteiger partial charge in [0, 0.05) is 19.5 Å². The molecule has 100 valence electrons. The summed E-state index contributed by atoms with van der Waals surface area (Å²) in [4.78, 5) is 14.0. The molecule has 1 aromatic rings. The Morgan fingerprint density at radius 1 is 1.39 bits per heavy atom. The lowest BCUT2D eigenvalue weighted by Gasteiger charge is -2.19. The smallest absolute Gasteiger partial charge is 0.167 e. The number of Topliss-reactive ketones (excluding diaryl/α,β-unsaturated/α-hetero) is 1. The molecule has 0 aliphatic heterocycles. The van der Waals surface area contributed by atoms with Gasteiger partial charge in [-0.05, 0) is 25.1 Å². The first-order chi connectivity index (χ1) is 8.54. The van der Waals surface area contributed by atoms with Crippen LogP contribution < -0.4 is 0 Å². The van der Waals surface area contributed by atoms with Crippen LogP contribution in [0.1, 0.15) is 37.0 Å². The molecule has 3 heteroatoms. The van der Waals surface area contributed by atoms with E-state index in [0.717, 1.165) is 13.0 Å². The predicted molar refractivity (Wildman–Crippen MR) is 72.3 cm³/mol. The Morgan fingerprint density at radius 3 is 2.67 bits per heavy atom. The largest absolute Gasteiger partial charge is 0.306 e. The minimum atomic E-state index is -0.424. The lowest BCUT2D eigenvalue weighted by molar-refractivity contribution is 0.0962. The van der Waals surface area contributed by atoms with Gasteiger partial charge in [0.15, 0.2) is 5.78 Å². The highest BCUT2D eigenvalue weighted by Crippen LogP contribution is 2.10. The van der Waals surface area contributed by atoms with Crippen LogP contribution in [-0.2, 0) is 0 Å². The molecule has 1 rings (SSSR count). The molecule has 0 aliphatic rings. The van der Waals surface area contributed by atoms with Gasteiger partial charge >= 0.3 is 0 Å². The van der Waals surface area contributed by atoms with E-state index in [1.165, 1.54) is 6.07 Å². The summed E-state index contributed by atoms with van der Waals surface area (Å²) in [6.45, 7) is 6.00. The van der Waals surface area contributed by atoms with Gasteiger partial charge in [-0.2, -0.15) is 0 Å². The van der Waals surface area contributed by atoms with Crippen molar-refractivity contribution >= 4 is 5.78 Å². The van der Waals surface area contributed by atoms with E-state index < -0.39 is 5.82 Å². The van der Waals surface area contributed by atoms with E-state index in [4.69, 9.17) is 0 Å². The molecule has 0 heterocycles. The monoisotopic (exact) mass is 251 g/mol. The maximum absolute atomic E-state index is 13.4. The molecule has 0 bridgehead atoms. The fourth-order valence-corrected chi connectivity index (χ4v) is 1.87. The first kappa shape index (κ1) is 14.8. The van der Waals surface area contributed by atoms with Crippen molar-refractivity contribution in [3.8, 4) is 0 Å². The predicted octanol–water partition coefficient (Wildman–Crippen LogP) is 3.38. The number of halogens is 1. The minimum Gasteiger partial charge on any atom is -0.306 e. The molecule has 0 radical (unpaired) electrons. The first-order valence-corrected chi connectivity index (χ1v) is 6.50. The van der Waals surface area contributed by atoms with Gasteiger partial charge in [-0.1, -0.05) is 32.4 Å². The lowest BCUT2D eigenvalue weighted by Crippen LogP contribution is -2.26. The second-order valence-corrected chi connectivity index (χ2v) is 4.93. The van der Waals surface area contributed by atoms with E-state index in [1.807, 2.05) is 7.05 Å². The SMILES string of the molecule is CCC(C)CN(C)CCC(=O)c1ccccc1F. The van der Waals surface area contributed by atoms with Crippen LogP contribution in [0.4, 0.5) is 4.39 Å². The molecule has 0 amide bonds. The van der Waals surface area contributed by atoms with Gasteiger partial charge in [-0.3, -0.25) is 4.79 Å². The molecule has 2 nitrogen and oxygen atoms in total. The summed E-state index contributed by atoms with van der Waals surface area (Å²) in [5, 5.41) is 0. The molecule has 18 heavy (non-hydrogen) atoms. The van der Waals surface area contributed by atoms with Crippen molar-refractivity contribution in [2.75, 3.05) is 20.1 Å². The van der Waals surface area contributed by atoms with E-state index in [9.17, 15) is 9.18 Å². The maximum Gasteiger partial charge on any atom is 0.167 e. The Bertz CT molecular complexity index is 392. The van der Waals surface area contributed by atoms with Crippen LogP contribution >= 0.6 is 0 Å². The number of rotatable bonds is 7. The molecule has 0 aromatic heterocycles. The molecule has 0 N–H and O–H groups in total. The third-order valence-electron chi connectivity index (χ3n) is 3.22. The van der Waals surface area contributed by atoms with Gasteiger partial charge in [0.25, 0.3) is 0 Å². The summed E-state index contributed by atoms with van der Waals surface area (Å²) in [6, 6.07) is 6.17. The van der Waals surface area contributed by atoms with E-state index in [2.05, 4.69) is 18.7 Å². The van der Waals surface area contributed by atoms with Crippen LogP contribution in [0, 0.1) is 11.7 Å². The number of nitrogens with zero attached hydrogens (tertiary/aromatic N) is 1. The van der Waals surface area contributed by atoms with Crippen molar-refractivity contribution in [1.29, 1.82) is 0 Å². The number of ketones is 1. The van der Waals surface area contributed by atoms with Crippen LogP contribution in [0.2, 0.25) is 0 Å². The number of hydrogen-bond acceptors (Lipinski definition) is 2. The second-order valence-electron chi connectivity index (χ2n) is 4.93.